The van der Waals surface area contributed by atoms with Gasteiger partial charge < -0.3 is 14.2 Å². The highest BCUT2D eigenvalue weighted by Gasteiger charge is 2.09. The van der Waals surface area contributed by atoms with Crippen molar-refractivity contribution in [3.8, 4) is 11.1 Å². The number of hydrogen-bond acceptors (Lipinski definition) is 4. The summed E-state index contributed by atoms with van der Waals surface area (Å²) >= 11 is 0. The van der Waals surface area contributed by atoms with Crippen LogP contribution in [0.15, 0.2) is 47.4 Å². The number of carbonyl (C=O) groups excluding carboxylic acids is 1. The van der Waals surface area contributed by atoms with Gasteiger partial charge in [0, 0.05) is 24.8 Å². The van der Waals surface area contributed by atoms with Crippen LogP contribution >= 0.6 is 0 Å². The third-order valence-electron chi connectivity index (χ3n) is 4.19. The Kier molecular flexibility index (Phi) is 6.32. The van der Waals surface area contributed by atoms with Gasteiger partial charge in [-0.2, -0.15) is 0 Å². The second kappa shape index (κ2) is 8.45. The lowest BCUT2D eigenvalue weighted by Gasteiger charge is -2.18. The van der Waals surface area contributed by atoms with Gasteiger partial charge >= 0.3 is 5.97 Å². The highest BCUT2D eigenvalue weighted by Crippen LogP contribution is 2.16. The molecule has 0 radical (unpaired) electrons. The van der Waals surface area contributed by atoms with E-state index in [-0.39, 0.29) is 11.5 Å². The fourth-order valence-corrected chi connectivity index (χ4v) is 2.63. The molecule has 5 nitrogen and oxygen atoms in total. The van der Waals surface area contributed by atoms with Crippen LogP contribution in [0.25, 0.3) is 11.1 Å². The lowest BCUT2D eigenvalue weighted by atomic mass is 10.1. The molecule has 0 aliphatic carbocycles. The first-order valence-corrected chi connectivity index (χ1v) is 8.21. The molecule has 5 heteroatoms. The van der Waals surface area contributed by atoms with Crippen LogP contribution in [0.5, 0.6) is 0 Å². The smallest absolute Gasteiger partial charge is 0.337 e. The number of rotatable bonds is 7. The lowest BCUT2D eigenvalue weighted by molar-refractivity contribution is 0.0601. The van der Waals surface area contributed by atoms with Gasteiger partial charge in [0.2, 0.25) is 0 Å². The molecule has 128 valence electrons. The van der Waals surface area contributed by atoms with Crippen molar-refractivity contribution < 1.29 is 9.53 Å². The zero-order valence-electron chi connectivity index (χ0n) is 14.5. The molecule has 1 aromatic heterocycles. The summed E-state index contributed by atoms with van der Waals surface area (Å²) in [6.07, 6.45) is 1.82. The van der Waals surface area contributed by atoms with Crippen molar-refractivity contribution in [3.05, 3.63) is 58.5 Å². The normalized spacial score (nSPS) is 10.8. The molecule has 0 unspecified atom stereocenters. The van der Waals surface area contributed by atoms with Crippen molar-refractivity contribution >= 4 is 5.97 Å². The molecule has 0 N–H and O–H groups in total. The van der Waals surface area contributed by atoms with Crippen LogP contribution in [0.3, 0.4) is 0 Å². The molecule has 1 heterocycles. The van der Waals surface area contributed by atoms with Gasteiger partial charge in [-0.05, 0) is 42.9 Å². The number of methoxy groups -OCH3 is 1. The zero-order chi connectivity index (χ0) is 17.5. The predicted molar refractivity (Wildman–Crippen MR) is 95.3 cm³/mol. The van der Waals surface area contributed by atoms with E-state index in [0.717, 1.165) is 25.2 Å². The van der Waals surface area contributed by atoms with Crippen LogP contribution in [-0.2, 0) is 11.3 Å². The molecule has 0 amide bonds. The molecule has 0 bridgehead atoms. The third-order valence-corrected chi connectivity index (χ3v) is 4.19. The Morgan fingerprint density at radius 1 is 1.12 bits per heavy atom. The summed E-state index contributed by atoms with van der Waals surface area (Å²) in [5, 5.41) is 0. The van der Waals surface area contributed by atoms with Crippen molar-refractivity contribution in [3.63, 3.8) is 0 Å². The zero-order valence-corrected chi connectivity index (χ0v) is 14.5. The van der Waals surface area contributed by atoms with Gasteiger partial charge in [-0.25, -0.2) is 4.79 Å². The van der Waals surface area contributed by atoms with E-state index in [2.05, 4.69) is 18.7 Å². The largest absolute Gasteiger partial charge is 0.465 e. The minimum absolute atomic E-state index is 0.0181. The van der Waals surface area contributed by atoms with Crippen LogP contribution in [-0.4, -0.2) is 42.2 Å². The van der Waals surface area contributed by atoms with E-state index in [4.69, 9.17) is 4.74 Å². The maximum Gasteiger partial charge on any atom is 0.337 e. The Hall–Kier alpha value is -2.40. The van der Waals surface area contributed by atoms with E-state index in [1.54, 1.807) is 28.8 Å². The molecule has 2 rings (SSSR count). The Bertz CT molecular complexity index is 731. The third kappa shape index (κ3) is 4.11. The minimum Gasteiger partial charge on any atom is -0.465 e. The van der Waals surface area contributed by atoms with E-state index in [9.17, 15) is 9.59 Å². The molecule has 0 saturated carbocycles. The Morgan fingerprint density at radius 2 is 1.79 bits per heavy atom. The summed E-state index contributed by atoms with van der Waals surface area (Å²) in [5.74, 6) is -0.383. The first-order chi connectivity index (χ1) is 11.6. The number of hydrogen-bond donors (Lipinski definition) is 0. The van der Waals surface area contributed by atoms with Crippen molar-refractivity contribution in [2.75, 3.05) is 26.7 Å². The highest BCUT2D eigenvalue weighted by atomic mass is 16.5. The van der Waals surface area contributed by atoms with Crippen LogP contribution in [0.1, 0.15) is 24.2 Å². The highest BCUT2D eigenvalue weighted by molar-refractivity contribution is 5.89. The van der Waals surface area contributed by atoms with Crippen LogP contribution in [0.4, 0.5) is 0 Å². The molecule has 0 saturated heterocycles. The molecule has 24 heavy (non-hydrogen) atoms. The molecular formula is C19H24N2O3. The molecular weight excluding hydrogens is 304 g/mol. The molecule has 0 spiro atoms. The average Bonchev–Trinajstić information content (AvgIpc) is 2.63. The molecule has 1 aromatic carbocycles. The number of esters is 1. The lowest BCUT2D eigenvalue weighted by Crippen LogP contribution is -2.31. The number of carbonyl (C=O) groups is 1. The van der Waals surface area contributed by atoms with Gasteiger partial charge in [0.15, 0.2) is 0 Å². The van der Waals surface area contributed by atoms with Crippen LogP contribution in [0, 0.1) is 0 Å². The maximum atomic E-state index is 12.7. The Balaban J connectivity index is 2.24. The summed E-state index contributed by atoms with van der Waals surface area (Å²) in [5.41, 5.74) is 1.88. The van der Waals surface area contributed by atoms with Gasteiger partial charge in [-0.15, -0.1) is 0 Å². The van der Waals surface area contributed by atoms with E-state index < -0.39 is 0 Å². The van der Waals surface area contributed by atoms with Gasteiger partial charge in [0.1, 0.15) is 0 Å². The summed E-state index contributed by atoms with van der Waals surface area (Å²) < 4.78 is 6.43. The second-order valence-electron chi connectivity index (χ2n) is 5.52. The minimum atomic E-state index is -0.383. The molecule has 0 aliphatic rings. The van der Waals surface area contributed by atoms with Gasteiger partial charge in [-0.3, -0.25) is 4.79 Å². The Labute approximate surface area is 142 Å². The summed E-state index contributed by atoms with van der Waals surface area (Å²) in [4.78, 5) is 26.5. The van der Waals surface area contributed by atoms with Gasteiger partial charge in [0.25, 0.3) is 5.56 Å². The van der Waals surface area contributed by atoms with Crippen molar-refractivity contribution in [1.82, 2.24) is 9.47 Å². The van der Waals surface area contributed by atoms with Crippen molar-refractivity contribution in [2.45, 2.75) is 20.4 Å². The summed E-state index contributed by atoms with van der Waals surface area (Å²) in [6, 6.07) is 10.6. The summed E-state index contributed by atoms with van der Waals surface area (Å²) in [7, 11) is 1.35. The van der Waals surface area contributed by atoms with E-state index in [0.29, 0.717) is 17.7 Å². The summed E-state index contributed by atoms with van der Waals surface area (Å²) in [6.45, 7) is 7.68. The number of aromatic nitrogens is 1. The predicted octanol–water partition coefficient (Wildman–Crippen LogP) is 2.64. The first-order valence-electron chi connectivity index (χ1n) is 8.21. The van der Waals surface area contributed by atoms with Gasteiger partial charge in [0.05, 0.1) is 12.7 Å². The molecule has 2 aromatic rings. The van der Waals surface area contributed by atoms with Crippen molar-refractivity contribution in [2.24, 2.45) is 0 Å². The fraction of sp³-hybridized carbons (Fsp3) is 0.368. The van der Waals surface area contributed by atoms with E-state index >= 15 is 0 Å². The van der Waals surface area contributed by atoms with Crippen LogP contribution < -0.4 is 5.56 Å². The Morgan fingerprint density at radius 3 is 2.38 bits per heavy atom. The van der Waals surface area contributed by atoms with E-state index in [1.165, 1.54) is 7.11 Å². The number of ether oxygens (including phenoxy) is 1. The first kappa shape index (κ1) is 17.9. The van der Waals surface area contributed by atoms with Crippen LogP contribution in [0.2, 0.25) is 0 Å². The standard InChI is InChI=1S/C19H24N2O3/c1-4-20(5-2)13-14-21-12-6-7-17(18(21)22)15-8-10-16(11-9-15)19(23)24-3/h6-12H,4-5,13-14H2,1-3H3. The quantitative estimate of drug-likeness (QED) is 0.733. The SMILES string of the molecule is CCN(CC)CCn1cccc(-c2ccc(C(=O)OC)cc2)c1=O. The number of nitrogens with zero attached hydrogens (tertiary/aromatic N) is 2. The van der Waals surface area contributed by atoms with Gasteiger partial charge in [-0.1, -0.05) is 26.0 Å². The molecule has 0 fully saturated rings. The van der Waals surface area contributed by atoms with Crippen molar-refractivity contribution in [1.29, 1.82) is 0 Å². The average molecular weight is 328 g/mol. The van der Waals surface area contributed by atoms with E-state index in [1.807, 2.05) is 18.3 Å². The maximum absolute atomic E-state index is 12.7. The second-order valence-corrected chi connectivity index (χ2v) is 5.52. The molecule has 0 aliphatic heterocycles. The number of likely N-dealkylation sites (N-methyl/N-ethyl adjacent to an activating group) is 1. The monoisotopic (exact) mass is 328 g/mol. The number of pyridine rings is 1. The fourth-order valence-electron chi connectivity index (χ4n) is 2.63. The molecule has 0 atom stereocenters. The topological polar surface area (TPSA) is 51.5 Å². The number of benzene rings is 1.